The SMILES string of the molecule is O=C(c1ccc(C(F)(F)F)cc1)C1CC1(F)F. The maximum Gasteiger partial charge on any atom is 0.416 e. The number of benzene rings is 1. The molecule has 0 saturated heterocycles. The average Bonchev–Trinajstić information content (AvgIpc) is 2.86. The number of carbonyl (C=O) groups is 1. The fourth-order valence-electron chi connectivity index (χ4n) is 1.52. The van der Waals surface area contributed by atoms with Crippen molar-refractivity contribution in [3.05, 3.63) is 35.4 Å². The molecule has 1 aliphatic rings. The second-order valence-corrected chi connectivity index (χ2v) is 3.96. The van der Waals surface area contributed by atoms with Gasteiger partial charge in [0.25, 0.3) is 5.92 Å². The largest absolute Gasteiger partial charge is 0.416 e. The highest BCUT2D eigenvalue weighted by Gasteiger charge is 2.61. The molecule has 2 rings (SSSR count). The Hall–Kier alpha value is -1.46. The molecule has 0 amide bonds. The zero-order valence-electron chi connectivity index (χ0n) is 8.39. The van der Waals surface area contributed by atoms with E-state index >= 15 is 0 Å². The van der Waals surface area contributed by atoms with Gasteiger partial charge in [-0.15, -0.1) is 0 Å². The van der Waals surface area contributed by atoms with Crippen molar-refractivity contribution in [3.63, 3.8) is 0 Å². The predicted molar refractivity (Wildman–Crippen MR) is 48.8 cm³/mol. The average molecular weight is 250 g/mol. The third-order valence-corrected chi connectivity index (χ3v) is 2.64. The molecule has 0 bridgehead atoms. The first-order chi connectivity index (χ1) is 7.72. The lowest BCUT2D eigenvalue weighted by atomic mass is 10.0. The number of rotatable bonds is 2. The van der Waals surface area contributed by atoms with Crippen molar-refractivity contribution in [1.29, 1.82) is 0 Å². The molecule has 1 aromatic rings. The van der Waals surface area contributed by atoms with Gasteiger partial charge in [-0.1, -0.05) is 12.1 Å². The Labute approximate surface area is 93.2 Å². The summed E-state index contributed by atoms with van der Waals surface area (Å²) in [5, 5.41) is 0. The van der Waals surface area contributed by atoms with Crippen LogP contribution in [0.1, 0.15) is 22.3 Å². The second kappa shape index (κ2) is 3.51. The quantitative estimate of drug-likeness (QED) is 0.579. The summed E-state index contributed by atoms with van der Waals surface area (Å²) in [5.74, 6) is -5.18. The molecule has 1 nitrogen and oxygen atoms in total. The minimum Gasteiger partial charge on any atom is -0.294 e. The van der Waals surface area contributed by atoms with Gasteiger partial charge < -0.3 is 0 Å². The van der Waals surface area contributed by atoms with Crippen molar-refractivity contribution in [2.75, 3.05) is 0 Å². The van der Waals surface area contributed by atoms with Gasteiger partial charge in [0.15, 0.2) is 5.78 Å². The van der Waals surface area contributed by atoms with E-state index in [2.05, 4.69) is 0 Å². The van der Waals surface area contributed by atoms with E-state index in [0.717, 1.165) is 12.1 Å². The Morgan fingerprint density at radius 1 is 1.18 bits per heavy atom. The van der Waals surface area contributed by atoms with E-state index in [-0.39, 0.29) is 5.56 Å². The molecule has 6 heteroatoms. The Bertz CT molecular complexity index is 446. The Balaban J connectivity index is 2.17. The number of halogens is 5. The fourth-order valence-corrected chi connectivity index (χ4v) is 1.52. The first-order valence-corrected chi connectivity index (χ1v) is 4.81. The summed E-state index contributed by atoms with van der Waals surface area (Å²) in [4.78, 5) is 11.4. The van der Waals surface area contributed by atoms with E-state index in [1.165, 1.54) is 0 Å². The molecule has 0 radical (unpaired) electrons. The van der Waals surface area contributed by atoms with E-state index in [9.17, 15) is 26.7 Å². The number of hydrogen-bond donors (Lipinski definition) is 0. The molecule has 1 unspecified atom stereocenters. The third kappa shape index (κ3) is 2.30. The van der Waals surface area contributed by atoms with E-state index in [1.54, 1.807) is 0 Å². The lowest BCUT2D eigenvalue weighted by Gasteiger charge is -2.06. The molecule has 1 aliphatic carbocycles. The van der Waals surface area contributed by atoms with Gasteiger partial charge in [0, 0.05) is 12.0 Å². The first kappa shape index (κ1) is 12.0. The van der Waals surface area contributed by atoms with Crippen molar-refractivity contribution in [3.8, 4) is 0 Å². The van der Waals surface area contributed by atoms with Crippen LogP contribution in [0.15, 0.2) is 24.3 Å². The molecule has 92 valence electrons. The first-order valence-electron chi connectivity index (χ1n) is 4.81. The second-order valence-electron chi connectivity index (χ2n) is 3.96. The van der Waals surface area contributed by atoms with Gasteiger partial charge in [0.1, 0.15) is 0 Å². The number of hydrogen-bond acceptors (Lipinski definition) is 1. The summed E-state index contributed by atoms with van der Waals surface area (Å²) in [6, 6.07) is 3.29. The summed E-state index contributed by atoms with van der Waals surface area (Å²) in [6.07, 6.45) is -5.02. The van der Waals surface area contributed by atoms with Crippen molar-refractivity contribution < 1.29 is 26.7 Å². The third-order valence-electron chi connectivity index (χ3n) is 2.64. The molecule has 17 heavy (non-hydrogen) atoms. The summed E-state index contributed by atoms with van der Waals surface area (Å²) in [6.45, 7) is 0. The van der Waals surface area contributed by atoms with Crippen molar-refractivity contribution in [1.82, 2.24) is 0 Å². The van der Waals surface area contributed by atoms with Crippen LogP contribution in [-0.4, -0.2) is 11.7 Å². The lowest BCUT2D eigenvalue weighted by Crippen LogP contribution is -2.09. The minimum atomic E-state index is -4.49. The maximum absolute atomic E-state index is 12.6. The standard InChI is InChI=1S/C11H7F5O/c12-10(13)5-8(10)9(17)6-1-3-7(4-2-6)11(14,15)16/h1-4,8H,5H2. The molecule has 0 spiro atoms. The normalized spacial score (nSPS) is 22.3. The summed E-state index contributed by atoms with van der Waals surface area (Å²) in [5.41, 5.74) is -1.02. The number of alkyl halides is 5. The Morgan fingerprint density at radius 3 is 2.00 bits per heavy atom. The highest BCUT2D eigenvalue weighted by molar-refractivity contribution is 6.00. The maximum atomic E-state index is 12.6. The zero-order chi connectivity index (χ0) is 12.8. The van der Waals surface area contributed by atoms with Gasteiger partial charge in [-0.2, -0.15) is 13.2 Å². The van der Waals surface area contributed by atoms with Crippen LogP contribution in [0, 0.1) is 5.92 Å². The van der Waals surface area contributed by atoms with Crippen LogP contribution in [0.5, 0.6) is 0 Å². The number of carbonyl (C=O) groups excluding carboxylic acids is 1. The predicted octanol–water partition coefficient (Wildman–Crippen LogP) is 3.54. The van der Waals surface area contributed by atoms with Crippen LogP contribution in [0.4, 0.5) is 22.0 Å². The molecule has 1 atom stereocenters. The van der Waals surface area contributed by atoms with Gasteiger partial charge in [-0.3, -0.25) is 4.79 Å². The highest BCUT2D eigenvalue weighted by Crippen LogP contribution is 2.50. The van der Waals surface area contributed by atoms with Crippen LogP contribution in [0.3, 0.4) is 0 Å². The molecule has 1 saturated carbocycles. The Morgan fingerprint density at radius 2 is 1.65 bits per heavy atom. The monoisotopic (exact) mass is 250 g/mol. The summed E-state index contributed by atoms with van der Waals surface area (Å²) in [7, 11) is 0. The molecule has 0 N–H and O–H groups in total. The fraction of sp³-hybridized carbons (Fsp3) is 0.364. The number of Topliss-reactive ketones (excluding diaryl/α,β-unsaturated/α-hetero) is 1. The van der Waals surface area contributed by atoms with E-state index in [4.69, 9.17) is 0 Å². The lowest BCUT2D eigenvalue weighted by molar-refractivity contribution is -0.137. The molecule has 0 aliphatic heterocycles. The van der Waals surface area contributed by atoms with Crippen LogP contribution in [0.25, 0.3) is 0 Å². The van der Waals surface area contributed by atoms with Crippen LogP contribution < -0.4 is 0 Å². The van der Waals surface area contributed by atoms with Gasteiger partial charge in [-0.05, 0) is 12.1 Å². The van der Waals surface area contributed by atoms with Gasteiger partial charge in [0.05, 0.1) is 11.5 Å². The van der Waals surface area contributed by atoms with Crippen molar-refractivity contribution >= 4 is 5.78 Å². The molecule has 0 aromatic heterocycles. The molecule has 1 aromatic carbocycles. The van der Waals surface area contributed by atoms with E-state index in [0.29, 0.717) is 12.1 Å². The van der Waals surface area contributed by atoms with Crippen molar-refractivity contribution in [2.45, 2.75) is 18.5 Å². The highest BCUT2D eigenvalue weighted by atomic mass is 19.4. The van der Waals surface area contributed by atoms with Gasteiger partial charge >= 0.3 is 6.18 Å². The zero-order valence-corrected chi connectivity index (χ0v) is 8.39. The van der Waals surface area contributed by atoms with Gasteiger partial charge in [-0.25, -0.2) is 8.78 Å². The molecular formula is C11H7F5O. The molecule has 1 fully saturated rings. The van der Waals surface area contributed by atoms with Crippen LogP contribution >= 0.6 is 0 Å². The number of ketones is 1. The molecule has 0 heterocycles. The van der Waals surface area contributed by atoms with Crippen LogP contribution in [0.2, 0.25) is 0 Å². The Kier molecular flexibility index (Phi) is 2.48. The van der Waals surface area contributed by atoms with Crippen molar-refractivity contribution in [2.24, 2.45) is 5.92 Å². The topological polar surface area (TPSA) is 17.1 Å². The smallest absolute Gasteiger partial charge is 0.294 e. The summed E-state index contributed by atoms with van der Waals surface area (Å²) >= 11 is 0. The molecular weight excluding hydrogens is 243 g/mol. The minimum absolute atomic E-state index is 0.111. The van der Waals surface area contributed by atoms with E-state index < -0.39 is 35.8 Å². The van der Waals surface area contributed by atoms with Gasteiger partial charge in [0.2, 0.25) is 0 Å². The van der Waals surface area contributed by atoms with E-state index in [1.807, 2.05) is 0 Å². The van der Waals surface area contributed by atoms with Crippen LogP contribution in [-0.2, 0) is 6.18 Å². The summed E-state index contributed by atoms with van der Waals surface area (Å²) < 4.78 is 61.8.